The van der Waals surface area contributed by atoms with Gasteiger partial charge in [0.1, 0.15) is 22.7 Å². The lowest BCUT2D eigenvalue weighted by molar-refractivity contribution is 0.0600. The van der Waals surface area contributed by atoms with Crippen LogP contribution in [0.1, 0.15) is 52.2 Å². The zero-order valence-electron chi connectivity index (χ0n) is 20.6. The number of esters is 1. The van der Waals surface area contributed by atoms with Gasteiger partial charge in [0, 0.05) is 35.1 Å². The number of carbonyl (C=O) groups is 2. The van der Waals surface area contributed by atoms with E-state index in [-0.39, 0.29) is 17.2 Å². The van der Waals surface area contributed by atoms with Crippen LogP contribution in [0.3, 0.4) is 0 Å². The van der Waals surface area contributed by atoms with E-state index in [0.717, 1.165) is 27.8 Å². The Balaban J connectivity index is 0.000000917. The fraction of sp³-hybridized carbons (Fsp3) is 0.296. The lowest BCUT2D eigenvalue weighted by atomic mass is 10.0. The molecule has 35 heavy (non-hydrogen) atoms. The maximum atomic E-state index is 13.4. The lowest BCUT2D eigenvalue weighted by Crippen LogP contribution is -2.29. The molecule has 3 heterocycles. The van der Waals surface area contributed by atoms with Gasteiger partial charge in [0.2, 0.25) is 0 Å². The number of hydrogen-bond donors (Lipinski definition) is 2. The molecule has 1 aliphatic rings. The number of aromatic hydroxyl groups is 1. The minimum Gasteiger partial charge on any atom is -0.506 e. The van der Waals surface area contributed by atoms with E-state index in [1.165, 1.54) is 19.7 Å². The molecule has 0 atom stereocenters. The van der Waals surface area contributed by atoms with Crippen LogP contribution in [0.5, 0.6) is 11.5 Å². The highest BCUT2D eigenvalue weighted by molar-refractivity contribution is 6.11. The topological polar surface area (TPSA) is 105 Å². The van der Waals surface area contributed by atoms with Gasteiger partial charge in [-0.3, -0.25) is 9.78 Å². The number of H-pyrrole nitrogens is 1. The van der Waals surface area contributed by atoms with Gasteiger partial charge in [-0.05, 0) is 48.7 Å². The van der Waals surface area contributed by atoms with E-state index in [2.05, 4.69) is 23.8 Å². The number of fused-ring (bicyclic) bond motifs is 4. The third-order valence-electron chi connectivity index (χ3n) is 5.95. The molecule has 0 saturated heterocycles. The number of nitrogens with one attached hydrogen (secondary N) is 1. The Morgan fingerprint density at radius 3 is 2.57 bits per heavy atom. The molecule has 0 fully saturated rings. The number of nitrogens with zero attached hydrogens (tertiary/aromatic N) is 2. The highest BCUT2D eigenvalue weighted by Crippen LogP contribution is 2.40. The first-order valence-electron chi connectivity index (χ1n) is 11.5. The molecule has 2 aromatic carbocycles. The quantitative estimate of drug-likeness (QED) is 0.397. The van der Waals surface area contributed by atoms with Crippen molar-refractivity contribution in [2.45, 2.75) is 33.6 Å². The number of carbonyl (C=O) groups excluding carboxylic acids is 2. The fourth-order valence-corrected chi connectivity index (χ4v) is 4.38. The first-order valence-corrected chi connectivity index (χ1v) is 11.5. The molecular weight excluding hydrogens is 446 g/mol. The molecule has 0 bridgehead atoms. The van der Waals surface area contributed by atoms with Crippen LogP contribution in [-0.4, -0.2) is 47.7 Å². The molecule has 0 saturated carbocycles. The van der Waals surface area contributed by atoms with Gasteiger partial charge in [0.05, 0.1) is 25.5 Å². The van der Waals surface area contributed by atoms with Crippen molar-refractivity contribution in [1.29, 1.82) is 0 Å². The number of amides is 1. The molecule has 0 spiro atoms. The zero-order valence-corrected chi connectivity index (χ0v) is 20.6. The maximum Gasteiger partial charge on any atom is 0.339 e. The second-order valence-corrected chi connectivity index (χ2v) is 8.51. The fourth-order valence-electron chi connectivity index (χ4n) is 4.38. The van der Waals surface area contributed by atoms with Gasteiger partial charge in [-0.25, -0.2) is 4.79 Å². The lowest BCUT2D eigenvalue weighted by Gasteiger charge is -2.17. The van der Waals surface area contributed by atoms with Gasteiger partial charge in [-0.1, -0.05) is 20.3 Å². The van der Waals surface area contributed by atoms with Crippen LogP contribution in [-0.2, 0) is 11.2 Å². The predicted molar refractivity (Wildman–Crippen MR) is 136 cm³/mol. The summed E-state index contributed by atoms with van der Waals surface area (Å²) < 4.78 is 10.1. The molecular formula is C27H29N3O5. The van der Waals surface area contributed by atoms with Gasteiger partial charge in [-0.2, -0.15) is 0 Å². The number of phenols is 1. The molecule has 0 unspecified atom stereocenters. The minimum absolute atomic E-state index is 0.0490. The molecule has 1 amide bonds. The van der Waals surface area contributed by atoms with Gasteiger partial charge >= 0.3 is 5.97 Å². The highest BCUT2D eigenvalue weighted by atomic mass is 16.5. The van der Waals surface area contributed by atoms with Crippen molar-refractivity contribution in [3.8, 4) is 11.5 Å². The van der Waals surface area contributed by atoms with Gasteiger partial charge in [-0.15, -0.1) is 0 Å². The Kier molecular flexibility index (Phi) is 6.64. The number of aromatic amines is 1. The Bertz CT molecular complexity index is 1440. The second kappa shape index (κ2) is 9.66. The third kappa shape index (κ3) is 4.27. The van der Waals surface area contributed by atoms with Crippen LogP contribution < -0.4 is 9.64 Å². The zero-order chi connectivity index (χ0) is 25.3. The van der Waals surface area contributed by atoms with Crippen molar-refractivity contribution < 1.29 is 24.2 Å². The van der Waals surface area contributed by atoms with Gasteiger partial charge < -0.3 is 24.5 Å². The van der Waals surface area contributed by atoms with Crippen molar-refractivity contribution in [2.24, 2.45) is 0 Å². The third-order valence-corrected chi connectivity index (χ3v) is 5.95. The molecule has 8 nitrogen and oxygen atoms in total. The number of anilines is 1. The summed E-state index contributed by atoms with van der Waals surface area (Å²) >= 11 is 0. The van der Waals surface area contributed by atoms with E-state index in [1.807, 2.05) is 25.1 Å². The average Bonchev–Trinajstić information content (AvgIpc) is 3.48. The molecule has 2 aromatic heterocycles. The summed E-state index contributed by atoms with van der Waals surface area (Å²) in [6.07, 6.45) is 3.20. The van der Waals surface area contributed by atoms with E-state index >= 15 is 0 Å². The number of methoxy groups -OCH3 is 2. The Labute approximate surface area is 203 Å². The summed E-state index contributed by atoms with van der Waals surface area (Å²) in [5.74, 6) is -0.0302. The molecule has 0 aliphatic carbocycles. The molecule has 0 radical (unpaired) electrons. The van der Waals surface area contributed by atoms with Crippen molar-refractivity contribution in [1.82, 2.24) is 9.97 Å². The monoisotopic (exact) mass is 475 g/mol. The Morgan fingerprint density at radius 2 is 1.89 bits per heavy atom. The summed E-state index contributed by atoms with van der Waals surface area (Å²) in [7, 11) is 2.91. The largest absolute Gasteiger partial charge is 0.506 e. The van der Waals surface area contributed by atoms with Crippen LogP contribution >= 0.6 is 0 Å². The normalized spacial score (nSPS) is 12.3. The number of phenolic OH excluding ortho intramolecular Hbond substituents is 1. The first-order chi connectivity index (χ1) is 16.8. The van der Waals surface area contributed by atoms with Crippen LogP contribution in [0.2, 0.25) is 0 Å². The van der Waals surface area contributed by atoms with Crippen LogP contribution in [0.4, 0.5) is 5.69 Å². The molecule has 5 rings (SSSR count). The van der Waals surface area contributed by atoms with Crippen molar-refractivity contribution in [3.63, 3.8) is 0 Å². The second-order valence-electron chi connectivity index (χ2n) is 8.51. The summed E-state index contributed by atoms with van der Waals surface area (Å²) in [6, 6.07) is 8.81. The Hall–Kier alpha value is -4.07. The number of ether oxygens (including phenoxy) is 2. The van der Waals surface area contributed by atoms with Gasteiger partial charge in [0.15, 0.2) is 0 Å². The van der Waals surface area contributed by atoms with E-state index in [9.17, 15) is 14.7 Å². The standard InChI is InChI=1S/C24H21N3O5.C3H8/c1-12-6-15(31-2)7-13-9-18(26-21(12)13)23(29)27-5-4-16-17-8-14(24(30)32-3)11-25-22(17)20(28)10-19(16)27;1-3-2/h6-11,26,28H,4-5H2,1-3H3;3H2,1-2H3. The van der Waals surface area contributed by atoms with E-state index in [0.29, 0.717) is 35.2 Å². The van der Waals surface area contributed by atoms with Crippen molar-refractivity contribution >= 4 is 39.4 Å². The van der Waals surface area contributed by atoms with Gasteiger partial charge in [0.25, 0.3) is 5.91 Å². The SMILES string of the molecule is CCC.COC(=O)c1cnc2c(O)cc3c(c2c1)CCN3C(=O)c1cc2cc(OC)cc(C)c2[nH]1. The summed E-state index contributed by atoms with van der Waals surface area (Å²) in [6.45, 7) is 6.66. The number of benzene rings is 2. The van der Waals surface area contributed by atoms with E-state index in [4.69, 9.17) is 9.47 Å². The minimum atomic E-state index is -0.508. The summed E-state index contributed by atoms with van der Waals surface area (Å²) in [5.41, 5.74) is 4.45. The number of aromatic nitrogens is 2. The average molecular weight is 476 g/mol. The molecule has 2 N–H and O–H groups in total. The maximum absolute atomic E-state index is 13.4. The summed E-state index contributed by atoms with van der Waals surface area (Å²) in [5, 5.41) is 12.1. The number of pyridine rings is 1. The Morgan fingerprint density at radius 1 is 1.14 bits per heavy atom. The van der Waals surface area contributed by atoms with E-state index < -0.39 is 5.97 Å². The van der Waals surface area contributed by atoms with Crippen molar-refractivity contribution in [2.75, 3.05) is 25.7 Å². The first kappa shape index (κ1) is 24.1. The van der Waals surface area contributed by atoms with Crippen LogP contribution in [0.25, 0.3) is 21.8 Å². The smallest absolute Gasteiger partial charge is 0.339 e. The molecule has 8 heteroatoms. The van der Waals surface area contributed by atoms with Crippen LogP contribution in [0, 0.1) is 6.92 Å². The molecule has 182 valence electrons. The predicted octanol–water partition coefficient (Wildman–Crippen LogP) is 5.14. The van der Waals surface area contributed by atoms with Crippen molar-refractivity contribution in [3.05, 3.63) is 58.9 Å². The number of aryl methyl sites for hydroxylation is 1. The summed E-state index contributed by atoms with van der Waals surface area (Å²) in [4.78, 5) is 34.5. The highest BCUT2D eigenvalue weighted by Gasteiger charge is 2.30. The number of rotatable bonds is 3. The molecule has 4 aromatic rings. The number of hydrogen-bond acceptors (Lipinski definition) is 6. The molecule has 1 aliphatic heterocycles. The van der Waals surface area contributed by atoms with Crippen LogP contribution in [0.15, 0.2) is 36.5 Å². The van der Waals surface area contributed by atoms with E-state index in [1.54, 1.807) is 24.1 Å².